The van der Waals surface area contributed by atoms with Crippen LogP contribution in [-0.2, 0) is 4.79 Å². The van der Waals surface area contributed by atoms with Crippen LogP contribution in [0.15, 0.2) is 23.8 Å². The van der Waals surface area contributed by atoms with Crippen LogP contribution >= 0.6 is 0 Å². The number of Topliss-reactive ketones (excluding diaryl/α,β-unsaturated/α-hetero) is 1. The summed E-state index contributed by atoms with van der Waals surface area (Å²) in [6, 6.07) is 0. The fraction of sp³-hybridized carbons (Fsp3) is 0.750. The number of fused-ring (bicyclic) bond motifs is 5. The van der Waals surface area contributed by atoms with Crippen molar-refractivity contribution >= 4 is 5.78 Å². The van der Waals surface area contributed by atoms with E-state index in [9.17, 15) is 9.90 Å². The highest BCUT2D eigenvalue weighted by molar-refractivity contribution is 5.87. The number of aliphatic hydroxyl groups excluding tert-OH is 1. The van der Waals surface area contributed by atoms with E-state index in [4.69, 9.17) is 0 Å². The monoisotopic (exact) mass is 300 g/mol. The normalized spacial score (nSPS) is 47.5. The Bertz CT molecular complexity index is 560. The van der Waals surface area contributed by atoms with Gasteiger partial charge in [0.1, 0.15) is 5.78 Å². The van der Waals surface area contributed by atoms with Crippen LogP contribution in [0.5, 0.6) is 0 Å². The summed E-state index contributed by atoms with van der Waals surface area (Å²) in [6.45, 7) is 6.82. The molecule has 4 aliphatic carbocycles. The lowest BCUT2D eigenvalue weighted by molar-refractivity contribution is -0.132. The first-order chi connectivity index (χ1) is 10.5. The van der Waals surface area contributed by atoms with E-state index in [0.29, 0.717) is 23.5 Å². The maximum atomic E-state index is 12.4. The summed E-state index contributed by atoms with van der Waals surface area (Å²) in [5.41, 5.74) is 2.49. The molecule has 0 aromatic heterocycles. The largest absolute Gasteiger partial charge is 0.395 e. The smallest absolute Gasteiger partial charge is 0.139 e. The number of allylic oxidation sites excluding steroid dienone is 1. The molecule has 0 aromatic rings. The standard InChI is InChI=1S/C20H28O2/c1-13-4-3-5-14-6-7-15-16-8-9-18(22)19(16,2)11-10-17(15)20(13,14)12-21/h5,15-17,21H,1,3-4,6-12H2,2H3/t15-,16-,17-,19-,20-/m0/s1. The molecule has 0 saturated heterocycles. The Labute approximate surface area is 133 Å². The van der Waals surface area contributed by atoms with Gasteiger partial charge in [-0.1, -0.05) is 30.7 Å². The minimum atomic E-state index is -0.159. The molecular formula is C20H28O2. The van der Waals surface area contributed by atoms with E-state index < -0.39 is 0 Å². The maximum absolute atomic E-state index is 12.4. The van der Waals surface area contributed by atoms with Crippen molar-refractivity contribution in [3.63, 3.8) is 0 Å². The molecule has 0 amide bonds. The molecule has 22 heavy (non-hydrogen) atoms. The quantitative estimate of drug-likeness (QED) is 0.742. The maximum Gasteiger partial charge on any atom is 0.139 e. The van der Waals surface area contributed by atoms with E-state index in [1.54, 1.807) is 0 Å². The van der Waals surface area contributed by atoms with Gasteiger partial charge in [-0.3, -0.25) is 4.79 Å². The van der Waals surface area contributed by atoms with Gasteiger partial charge < -0.3 is 5.11 Å². The lowest BCUT2D eigenvalue weighted by Gasteiger charge is -2.58. The average Bonchev–Trinajstić information content (AvgIpc) is 2.83. The second kappa shape index (κ2) is 4.80. The van der Waals surface area contributed by atoms with Gasteiger partial charge in [-0.15, -0.1) is 0 Å². The van der Waals surface area contributed by atoms with E-state index in [-0.39, 0.29) is 17.4 Å². The molecule has 2 heteroatoms. The highest BCUT2D eigenvalue weighted by atomic mass is 16.3. The van der Waals surface area contributed by atoms with Gasteiger partial charge in [-0.25, -0.2) is 0 Å². The third-order valence-corrected chi connectivity index (χ3v) is 7.82. The van der Waals surface area contributed by atoms with Crippen molar-refractivity contribution in [2.45, 2.75) is 58.3 Å². The molecule has 1 N–H and O–H groups in total. The molecular weight excluding hydrogens is 272 g/mol. The third kappa shape index (κ3) is 1.62. The first kappa shape index (κ1) is 14.7. The van der Waals surface area contributed by atoms with Gasteiger partial charge in [0.05, 0.1) is 6.61 Å². The molecule has 4 rings (SSSR count). The van der Waals surface area contributed by atoms with Crippen molar-refractivity contribution in [2.24, 2.45) is 28.6 Å². The van der Waals surface area contributed by atoms with Crippen molar-refractivity contribution in [3.05, 3.63) is 23.8 Å². The van der Waals surface area contributed by atoms with Crippen molar-refractivity contribution in [3.8, 4) is 0 Å². The summed E-state index contributed by atoms with van der Waals surface area (Å²) in [4.78, 5) is 12.4. The van der Waals surface area contributed by atoms with Crippen LogP contribution in [0.4, 0.5) is 0 Å². The number of carbonyl (C=O) groups is 1. The van der Waals surface area contributed by atoms with Gasteiger partial charge in [0.25, 0.3) is 0 Å². The summed E-state index contributed by atoms with van der Waals surface area (Å²) in [7, 11) is 0. The van der Waals surface area contributed by atoms with E-state index in [2.05, 4.69) is 19.6 Å². The van der Waals surface area contributed by atoms with Crippen molar-refractivity contribution in [1.82, 2.24) is 0 Å². The van der Waals surface area contributed by atoms with E-state index in [1.165, 1.54) is 17.6 Å². The Kier molecular flexibility index (Phi) is 3.21. The third-order valence-electron chi connectivity index (χ3n) is 7.82. The minimum Gasteiger partial charge on any atom is -0.395 e. The van der Waals surface area contributed by atoms with E-state index in [1.807, 2.05) is 0 Å². The summed E-state index contributed by atoms with van der Waals surface area (Å²) >= 11 is 0. The highest BCUT2D eigenvalue weighted by Gasteiger charge is 2.60. The van der Waals surface area contributed by atoms with Gasteiger partial charge >= 0.3 is 0 Å². The zero-order valence-corrected chi connectivity index (χ0v) is 13.7. The molecule has 2 nitrogen and oxygen atoms in total. The van der Waals surface area contributed by atoms with Gasteiger partial charge in [0.2, 0.25) is 0 Å². The predicted octanol–water partition coefficient (Wildman–Crippen LogP) is 4.05. The van der Waals surface area contributed by atoms with Gasteiger partial charge in [0.15, 0.2) is 0 Å². The molecule has 120 valence electrons. The molecule has 3 fully saturated rings. The molecule has 3 saturated carbocycles. The Hall–Kier alpha value is -0.890. The van der Waals surface area contributed by atoms with E-state index >= 15 is 0 Å². The molecule has 0 aliphatic heterocycles. The summed E-state index contributed by atoms with van der Waals surface area (Å²) in [5, 5.41) is 10.4. The number of hydrogen-bond acceptors (Lipinski definition) is 2. The number of carbonyl (C=O) groups excluding carboxylic acids is 1. The van der Waals surface area contributed by atoms with Crippen LogP contribution in [0.25, 0.3) is 0 Å². The fourth-order valence-corrected chi connectivity index (χ4v) is 6.60. The SMILES string of the molecule is C=C1CCC=C2CC[C@@H]3[C@H](CC[C@]4(C)C(=O)CC[C@@H]34)[C@@]12CO. The Morgan fingerprint density at radius 1 is 1.23 bits per heavy atom. The summed E-state index contributed by atoms with van der Waals surface area (Å²) < 4.78 is 0. The molecule has 0 radical (unpaired) electrons. The molecule has 5 atom stereocenters. The van der Waals surface area contributed by atoms with Crippen LogP contribution in [-0.4, -0.2) is 17.5 Å². The second-order valence-electron chi connectivity index (χ2n) is 8.33. The molecule has 4 aliphatic rings. The highest BCUT2D eigenvalue weighted by Crippen LogP contribution is 2.65. The topological polar surface area (TPSA) is 37.3 Å². The van der Waals surface area contributed by atoms with Crippen LogP contribution < -0.4 is 0 Å². The predicted molar refractivity (Wildman–Crippen MR) is 87.3 cm³/mol. The van der Waals surface area contributed by atoms with Crippen molar-refractivity contribution in [1.29, 1.82) is 0 Å². The minimum absolute atomic E-state index is 0.0744. The summed E-state index contributed by atoms with van der Waals surface area (Å²) in [5.74, 6) is 2.15. The van der Waals surface area contributed by atoms with Gasteiger partial charge in [-0.2, -0.15) is 0 Å². The molecule has 0 bridgehead atoms. The molecule has 0 spiro atoms. The Morgan fingerprint density at radius 3 is 2.82 bits per heavy atom. The number of aliphatic hydroxyl groups is 1. The van der Waals surface area contributed by atoms with Crippen LogP contribution in [0.3, 0.4) is 0 Å². The van der Waals surface area contributed by atoms with Crippen LogP contribution in [0, 0.1) is 28.6 Å². The first-order valence-corrected chi connectivity index (χ1v) is 9.06. The zero-order valence-electron chi connectivity index (χ0n) is 13.7. The summed E-state index contributed by atoms with van der Waals surface area (Å²) in [6.07, 6.45) is 10.8. The van der Waals surface area contributed by atoms with E-state index in [0.717, 1.165) is 44.9 Å². The fourth-order valence-electron chi connectivity index (χ4n) is 6.60. The van der Waals surface area contributed by atoms with Gasteiger partial charge in [0, 0.05) is 17.3 Å². The molecule has 0 heterocycles. The van der Waals surface area contributed by atoms with Crippen LogP contribution in [0.2, 0.25) is 0 Å². The average molecular weight is 300 g/mol. The molecule has 0 aromatic carbocycles. The van der Waals surface area contributed by atoms with Gasteiger partial charge in [-0.05, 0) is 62.7 Å². The lowest BCUT2D eigenvalue weighted by atomic mass is 9.46. The zero-order chi connectivity index (χ0) is 15.5. The van der Waals surface area contributed by atoms with Crippen molar-refractivity contribution in [2.75, 3.05) is 6.61 Å². The lowest BCUT2D eigenvalue weighted by Crippen LogP contribution is -2.53. The number of hydrogen-bond donors (Lipinski definition) is 1. The second-order valence-corrected chi connectivity index (χ2v) is 8.33. The van der Waals surface area contributed by atoms with Crippen LogP contribution in [0.1, 0.15) is 58.3 Å². The Balaban J connectivity index is 1.76. The number of ketones is 1. The first-order valence-electron chi connectivity index (χ1n) is 9.06. The van der Waals surface area contributed by atoms with Crippen molar-refractivity contribution < 1.29 is 9.90 Å². The Morgan fingerprint density at radius 2 is 2.05 bits per heavy atom. The molecule has 0 unspecified atom stereocenters. The number of rotatable bonds is 1.